The normalized spacial score (nSPS) is 12.9. The lowest BCUT2D eigenvalue weighted by atomic mass is 9.97. The first-order valence-corrected chi connectivity index (χ1v) is 7.99. The lowest BCUT2D eigenvalue weighted by molar-refractivity contribution is 0.396. The van der Waals surface area contributed by atoms with Crippen LogP contribution in [-0.2, 0) is 6.54 Å². The molecule has 0 bridgehead atoms. The number of pyridine rings is 2. The maximum Gasteiger partial charge on any atom is 0.275 e. The Labute approximate surface area is 144 Å². The number of nitrogen functional groups attached to an aromatic ring is 1. The number of hydrogen-bond acceptors (Lipinski definition) is 6. The van der Waals surface area contributed by atoms with Crippen LogP contribution in [0.25, 0.3) is 22.0 Å². The van der Waals surface area contributed by atoms with Gasteiger partial charge in [-0.25, -0.2) is 15.1 Å². The second-order valence-electron chi connectivity index (χ2n) is 6.18. The van der Waals surface area contributed by atoms with E-state index in [1.54, 1.807) is 7.11 Å². The van der Waals surface area contributed by atoms with Gasteiger partial charge in [0.25, 0.3) is 5.56 Å². The summed E-state index contributed by atoms with van der Waals surface area (Å²) in [5.41, 5.74) is 11.9. The Morgan fingerprint density at radius 3 is 2.80 bits per heavy atom. The van der Waals surface area contributed by atoms with Crippen molar-refractivity contribution in [1.82, 2.24) is 15.1 Å². The van der Waals surface area contributed by atoms with Crippen LogP contribution in [0.1, 0.15) is 16.8 Å². The summed E-state index contributed by atoms with van der Waals surface area (Å²) >= 11 is 0. The third-order valence-corrected chi connectivity index (χ3v) is 4.66. The number of hydrogen-bond donors (Lipinski definition) is 3. The number of methoxy groups -OCH3 is 1. The fraction of sp³-hybridized carbons (Fsp3) is 0.222. The van der Waals surface area contributed by atoms with Crippen LogP contribution in [0, 0.1) is 13.8 Å². The molecule has 0 spiro atoms. The molecule has 7 nitrogen and oxygen atoms in total. The van der Waals surface area contributed by atoms with Gasteiger partial charge in [0.1, 0.15) is 0 Å². The fourth-order valence-electron chi connectivity index (χ4n) is 3.49. The van der Waals surface area contributed by atoms with E-state index in [2.05, 4.69) is 15.8 Å². The molecular formula is C18H19N5O2. The molecule has 1 aliphatic heterocycles. The van der Waals surface area contributed by atoms with E-state index in [1.807, 2.05) is 38.1 Å². The van der Waals surface area contributed by atoms with E-state index < -0.39 is 0 Å². The number of nitrogens with two attached hydrogens (primary N) is 1. The Kier molecular flexibility index (Phi) is 3.40. The summed E-state index contributed by atoms with van der Waals surface area (Å²) in [4.78, 5) is 16.9. The summed E-state index contributed by atoms with van der Waals surface area (Å²) in [5, 5.41) is 0.905. The molecule has 4 rings (SSSR count). The Balaban J connectivity index is 1.99. The largest absolute Gasteiger partial charge is 0.481 e. The predicted octanol–water partition coefficient (Wildman–Crippen LogP) is 1.83. The number of anilines is 1. The molecule has 128 valence electrons. The number of rotatable bonds is 2. The van der Waals surface area contributed by atoms with Crippen LogP contribution in [-0.4, -0.2) is 16.8 Å². The first kappa shape index (κ1) is 15.5. The second kappa shape index (κ2) is 5.49. The SMILES string of the molecule is COc1cc(C)c(-c2ccc3c4c(c(=O)n(N)c3c2)CNN4)c(C)n1. The molecule has 25 heavy (non-hydrogen) atoms. The summed E-state index contributed by atoms with van der Waals surface area (Å²) < 4.78 is 6.45. The smallest absolute Gasteiger partial charge is 0.275 e. The van der Waals surface area contributed by atoms with Crippen LogP contribution in [0.4, 0.5) is 5.69 Å². The van der Waals surface area contributed by atoms with Gasteiger partial charge in [-0.1, -0.05) is 12.1 Å². The van der Waals surface area contributed by atoms with Gasteiger partial charge in [0.2, 0.25) is 5.88 Å². The lowest BCUT2D eigenvalue weighted by Gasteiger charge is -2.14. The van der Waals surface area contributed by atoms with Crippen molar-refractivity contribution >= 4 is 16.6 Å². The van der Waals surface area contributed by atoms with Crippen molar-refractivity contribution in [3.63, 3.8) is 0 Å². The highest BCUT2D eigenvalue weighted by Gasteiger charge is 2.20. The standard InChI is InChI=1S/C18H19N5O2/c1-9-6-15(25-3)21-10(2)16(9)11-4-5-12-14(7-11)23(19)18(24)13-8-20-22-17(12)13/h4-7,20,22H,8,19H2,1-3H3. The van der Waals surface area contributed by atoms with Gasteiger partial charge in [-0.3, -0.25) is 4.79 Å². The predicted molar refractivity (Wildman–Crippen MR) is 98.1 cm³/mol. The van der Waals surface area contributed by atoms with Crippen molar-refractivity contribution < 1.29 is 4.74 Å². The second-order valence-corrected chi connectivity index (χ2v) is 6.18. The zero-order valence-corrected chi connectivity index (χ0v) is 14.3. The van der Waals surface area contributed by atoms with E-state index in [0.29, 0.717) is 23.5 Å². The molecule has 0 saturated heterocycles. The zero-order valence-electron chi connectivity index (χ0n) is 14.3. The Morgan fingerprint density at radius 2 is 2.08 bits per heavy atom. The molecule has 3 aromatic rings. The average Bonchev–Trinajstić information content (AvgIpc) is 3.09. The van der Waals surface area contributed by atoms with Crippen LogP contribution in [0.3, 0.4) is 0 Å². The summed E-state index contributed by atoms with van der Waals surface area (Å²) in [6.45, 7) is 4.42. The van der Waals surface area contributed by atoms with E-state index in [0.717, 1.165) is 33.5 Å². The number of fused-ring (bicyclic) bond motifs is 3. The van der Waals surface area contributed by atoms with E-state index in [-0.39, 0.29) is 5.56 Å². The molecular weight excluding hydrogens is 318 g/mol. The van der Waals surface area contributed by atoms with Gasteiger partial charge < -0.3 is 16.0 Å². The van der Waals surface area contributed by atoms with Crippen LogP contribution >= 0.6 is 0 Å². The molecule has 0 radical (unpaired) electrons. The van der Waals surface area contributed by atoms with Crippen molar-refractivity contribution in [2.24, 2.45) is 0 Å². The van der Waals surface area contributed by atoms with E-state index >= 15 is 0 Å². The highest BCUT2D eigenvalue weighted by molar-refractivity contribution is 5.96. The molecule has 1 aliphatic rings. The molecule has 0 atom stereocenters. The van der Waals surface area contributed by atoms with Gasteiger partial charge in [-0.2, -0.15) is 0 Å². The number of ether oxygens (including phenoxy) is 1. The quantitative estimate of drug-likeness (QED) is 0.618. The Bertz CT molecular complexity index is 1050. The molecule has 3 heterocycles. The third-order valence-electron chi connectivity index (χ3n) is 4.66. The van der Waals surface area contributed by atoms with Crippen molar-refractivity contribution in [1.29, 1.82) is 0 Å². The van der Waals surface area contributed by atoms with E-state index in [1.165, 1.54) is 4.68 Å². The number of aromatic nitrogens is 2. The lowest BCUT2D eigenvalue weighted by Crippen LogP contribution is -2.29. The highest BCUT2D eigenvalue weighted by atomic mass is 16.5. The molecule has 2 aromatic heterocycles. The third kappa shape index (κ3) is 2.24. The maximum atomic E-state index is 12.5. The summed E-state index contributed by atoms with van der Waals surface area (Å²) in [6, 6.07) is 7.84. The molecule has 0 amide bonds. The van der Waals surface area contributed by atoms with Gasteiger partial charge in [0, 0.05) is 29.3 Å². The average molecular weight is 337 g/mol. The van der Waals surface area contributed by atoms with Crippen LogP contribution in [0.2, 0.25) is 0 Å². The molecule has 0 saturated carbocycles. The topological polar surface area (TPSA) is 94.2 Å². The van der Waals surface area contributed by atoms with Crippen LogP contribution in [0.5, 0.6) is 5.88 Å². The van der Waals surface area contributed by atoms with E-state index in [4.69, 9.17) is 10.6 Å². The molecule has 1 aromatic carbocycles. The van der Waals surface area contributed by atoms with Gasteiger partial charge in [-0.05, 0) is 31.0 Å². The fourth-order valence-corrected chi connectivity index (χ4v) is 3.49. The molecule has 0 fully saturated rings. The number of nitrogens with one attached hydrogen (secondary N) is 2. The van der Waals surface area contributed by atoms with Crippen molar-refractivity contribution in [3.05, 3.63) is 51.4 Å². The molecule has 7 heteroatoms. The molecule has 0 aliphatic carbocycles. The zero-order chi connectivity index (χ0) is 17.7. The van der Waals surface area contributed by atoms with Gasteiger partial charge in [0.15, 0.2) is 0 Å². The van der Waals surface area contributed by atoms with Gasteiger partial charge in [-0.15, -0.1) is 0 Å². The Morgan fingerprint density at radius 1 is 1.28 bits per heavy atom. The number of hydrazine groups is 1. The number of benzene rings is 1. The number of aryl methyl sites for hydroxylation is 2. The Hall–Kier alpha value is -3.06. The van der Waals surface area contributed by atoms with Crippen molar-refractivity contribution in [2.45, 2.75) is 20.4 Å². The molecule has 0 unspecified atom stereocenters. The minimum atomic E-state index is -0.196. The van der Waals surface area contributed by atoms with Gasteiger partial charge >= 0.3 is 0 Å². The summed E-state index contributed by atoms with van der Waals surface area (Å²) in [5.74, 6) is 6.66. The first-order chi connectivity index (χ1) is 12.0. The minimum absolute atomic E-state index is 0.196. The minimum Gasteiger partial charge on any atom is -0.481 e. The highest BCUT2D eigenvalue weighted by Crippen LogP contribution is 2.33. The van der Waals surface area contributed by atoms with Crippen molar-refractivity contribution in [3.8, 4) is 17.0 Å². The van der Waals surface area contributed by atoms with Gasteiger partial charge in [0.05, 0.1) is 23.9 Å². The summed E-state index contributed by atoms with van der Waals surface area (Å²) in [6.07, 6.45) is 0. The first-order valence-electron chi connectivity index (χ1n) is 7.99. The number of nitrogens with zero attached hydrogens (tertiary/aromatic N) is 2. The summed E-state index contributed by atoms with van der Waals surface area (Å²) in [7, 11) is 1.60. The maximum absolute atomic E-state index is 12.5. The monoisotopic (exact) mass is 337 g/mol. The van der Waals surface area contributed by atoms with Crippen LogP contribution < -0.4 is 27.0 Å². The van der Waals surface area contributed by atoms with Crippen molar-refractivity contribution in [2.75, 3.05) is 18.4 Å². The molecule has 4 N–H and O–H groups in total. The van der Waals surface area contributed by atoms with Crippen LogP contribution in [0.15, 0.2) is 29.1 Å². The van der Waals surface area contributed by atoms with E-state index in [9.17, 15) is 4.79 Å².